The molecule has 26 heavy (non-hydrogen) atoms. The van der Waals surface area contributed by atoms with E-state index in [-0.39, 0.29) is 11.8 Å². The van der Waals surface area contributed by atoms with Crippen molar-refractivity contribution in [2.45, 2.75) is 40.2 Å². The van der Waals surface area contributed by atoms with Crippen LogP contribution in [-0.4, -0.2) is 11.8 Å². The van der Waals surface area contributed by atoms with Gasteiger partial charge in [-0.15, -0.1) is 22.9 Å². The molecule has 0 saturated carbocycles. The van der Waals surface area contributed by atoms with E-state index in [1.807, 2.05) is 4.90 Å². The van der Waals surface area contributed by atoms with Gasteiger partial charge in [0, 0.05) is 9.58 Å². The number of rotatable bonds is 6. The van der Waals surface area contributed by atoms with Gasteiger partial charge in [0.1, 0.15) is 5.88 Å². The molecule has 0 aliphatic rings. The van der Waals surface area contributed by atoms with E-state index in [0.717, 1.165) is 18.5 Å². The van der Waals surface area contributed by atoms with Crippen molar-refractivity contribution in [2.75, 3.05) is 10.8 Å². The number of carbonyl (C=O) groups is 1. The van der Waals surface area contributed by atoms with Gasteiger partial charge in [0.2, 0.25) is 5.91 Å². The van der Waals surface area contributed by atoms with E-state index in [4.69, 9.17) is 11.6 Å². The summed E-state index contributed by atoms with van der Waals surface area (Å²) >= 11 is 7.75. The molecule has 4 heteroatoms. The lowest BCUT2D eigenvalue weighted by atomic mass is 10.0. The van der Waals surface area contributed by atoms with Gasteiger partial charge in [-0.05, 0) is 47.9 Å². The lowest BCUT2D eigenvalue weighted by Crippen LogP contribution is -2.33. The van der Waals surface area contributed by atoms with Crippen molar-refractivity contribution in [2.24, 2.45) is 0 Å². The summed E-state index contributed by atoms with van der Waals surface area (Å²) in [6.45, 7) is 6.98. The SMILES string of the molecule is CCc1cccc(CC)c1N(Cc1sc2ccccc2c1C)C(=O)CCl. The molecule has 1 amide bonds. The van der Waals surface area contributed by atoms with E-state index in [0.29, 0.717) is 6.54 Å². The number of thiophene rings is 1. The Morgan fingerprint density at radius 1 is 1.04 bits per heavy atom. The molecule has 2 nitrogen and oxygen atoms in total. The Morgan fingerprint density at radius 2 is 1.69 bits per heavy atom. The molecular formula is C22H24ClNOS. The molecule has 0 N–H and O–H groups in total. The van der Waals surface area contributed by atoms with Crippen LogP contribution in [0.2, 0.25) is 0 Å². The largest absolute Gasteiger partial charge is 0.306 e. The molecule has 0 aliphatic carbocycles. The number of para-hydroxylation sites is 1. The van der Waals surface area contributed by atoms with Crippen molar-refractivity contribution in [3.63, 3.8) is 0 Å². The molecule has 0 unspecified atom stereocenters. The second kappa shape index (κ2) is 8.24. The van der Waals surface area contributed by atoms with Gasteiger partial charge in [-0.1, -0.05) is 50.2 Å². The van der Waals surface area contributed by atoms with Crippen LogP contribution >= 0.6 is 22.9 Å². The second-order valence-corrected chi connectivity index (χ2v) is 7.80. The maximum absolute atomic E-state index is 12.8. The zero-order chi connectivity index (χ0) is 18.7. The summed E-state index contributed by atoms with van der Waals surface area (Å²) in [6.07, 6.45) is 1.78. The van der Waals surface area contributed by atoms with Crippen LogP contribution < -0.4 is 4.90 Å². The summed E-state index contributed by atoms with van der Waals surface area (Å²) in [5.41, 5.74) is 4.69. The first-order chi connectivity index (χ1) is 12.6. The Kier molecular flexibility index (Phi) is 6.00. The summed E-state index contributed by atoms with van der Waals surface area (Å²) in [4.78, 5) is 15.9. The lowest BCUT2D eigenvalue weighted by Gasteiger charge is -2.27. The number of benzene rings is 2. The molecule has 0 radical (unpaired) electrons. The topological polar surface area (TPSA) is 20.3 Å². The van der Waals surface area contributed by atoms with Gasteiger partial charge in [0.15, 0.2) is 0 Å². The Morgan fingerprint density at radius 3 is 2.27 bits per heavy atom. The highest BCUT2D eigenvalue weighted by Gasteiger charge is 2.22. The first-order valence-electron chi connectivity index (χ1n) is 9.04. The summed E-state index contributed by atoms with van der Waals surface area (Å²) < 4.78 is 1.26. The summed E-state index contributed by atoms with van der Waals surface area (Å²) in [6, 6.07) is 14.7. The maximum Gasteiger partial charge on any atom is 0.242 e. The van der Waals surface area contributed by atoms with Gasteiger partial charge in [0.05, 0.1) is 12.2 Å². The van der Waals surface area contributed by atoms with Crippen LogP contribution in [0, 0.1) is 6.92 Å². The first-order valence-corrected chi connectivity index (χ1v) is 10.4. The lowest BCUT2D eigenvalue weighted by molar-refractivity contribution is -0.116. The third-order valence-corrected chi connectivity index (χ3v) is 6.38. The smallest absolute Gasteiger partial charge is 0.242 e. The minimum Gasteiger partial charge on any atom is -0.306 e. The third-order valence-electron chi connectivity index (χ3n) is 4.89. The van der Waals surface area contributed by atoms with Gasteiger partial charge in [-0.3, -0.25) is 4.79 Å². The summed E-state index contributed by atoms with van der Waals surface area (Å²) in [5, 5.41) is 1.27. The van der Waals surface area contributed by atoms with Crippen LogP contribution in [0.5, 0.6) is 0 Å². The highest BCUT2D eigenvalue weighted by atomic mass is 35.5. The number of hydrogen-bond acceptors (Lipinski definition) is 2. The van der Waals surface area contributed by atoms with Crippen molar-refractivity contribution in [3.8, 4) is 0 Å². The number of fused-ring (bicyclic) bond motifs is 1. The van der Waals surface area contributed by atoms with Gasteiger partial charge < -0.3 is 4.90 Å². The van der Waals surface area contributed by atoms with Gasteiger partial charge in [0.25, 0.3) is 0 Å². The average molecular weight is 386 g/mol. The molecule has 0 aliphatic heterocycles. The van der Waals surface area contributed by atoms with Crippen molar-refractivity contribution in [3.05, 3.63) is 64.0 Å². The normalized spacial score (nSPS) is 11.1. The molecule has 1 heterocycles. The molecule has 3 rings (SSSR count). The zero-order valence-electron chi connectivity index (χ0n) is 15.5. The number of hydrogen-bond donors (Lipinski definition) is 0. The van der Waals surface area contributed by atoms with Crippen molar-refractivity contribution in [1.82, 2.24) is 0 Å². The van der Waals surface area contributed by atoms with Crippen molar-refractivity contribution < 1.29 is 4.79 Å². The molecule has 136 valence electrons. The molecule has 2 aromatic carbocycles. The fraction of sp³-hybridized carbons (Fsp3) is 0.318. The van der Waals surface area contributed by atoms with E-state index < -0.39 is 0 Å². The molecule has 1 aromatic heterocycles. The zero-order valence-corrected chi connectivity index (χ0v) is 17.1. The fourth-order valence-corrected chi connectivity index (χ4v) is 4.79. The van der Waals surface area contributed by atoms with Crippen LogP contribution in [0.25, 0.3) is 10.1 Å². The van der Waals surface area contributed by atoms with Crippen molar-refractivity contribution >= 4 is 44.6 Å². The number of anilines is 1. The van der Waals surface area contributed by atoms with Crippen LogP contribution in [0.4, 0.5) is 5.69 Å². The third kappa shape index (κ3) is 3.51. The number of aryl methyl sites for hydroxylation is 3. The van der Waals surface area contributed by atoms with Crippen molar-refractivity contribution in [1.29, 1.82) is 0 Å². The molecule has 0 bridgehead atoms. The van der Waals surface area contributed by atoms with Gasteiger partial charge in [-0.2, -0.15) is 0 Å². The predicted molar refractivity (Wildman–Crippen MR) is 114 cm³/mol. The first kappa shape index (κ1) is 18.9. The fourth-order valence-electron chi connectivity index (χ4n) is 3.45. The maximum atomic E-state index is 12.8. The number of halogens is 1. The Labute approximate surface area is 164 Å². The van der Waals surface area contributed by atoms with Crippen LogP contribution in [0.3, 0.4) is 0 Å². The monoisotopic (exact) mass is 385 g/mol. The van der Waals surface area contributed by atoms with Crippen LogP contribution in [0.1, 0.15) is 35.4 Å². The molecule has 0 fully saturated rings. The molecule has 3 aromatic rings. The Balaban J connectivity index is 2.10. The average Bonchev–Trinajstić information content (AvgIpc) is 3.00. The van der Waals surface area contributed by atoms with Gasteiger partial charge in [-0.25, -0.2) is 0 Å². The highest BCUT2D eigenvalue weighted by molar-refractivity contribution is 7.19. The van der Waals surface area contributed by atoms with E-state index in [1.54, 1.807) is 11.3 Å². The van der Waals surface area contributed by atoms with E-state index in [1.165, 1.54) is 31.7 Å². The molecule has 0 saturated heterocycles. The number of carbonyl (C=O) groups excluding carboxylic acids is 1. The Bertz CT molecular complexity index is 909. The minimum absolute atomic E-state index is 0.00878. The van der Waals surface area contributed by atoms with E-state index in [9.17, 15) is 4.79 Å². The van der Waals surface area contributed by atoms with E-state index >= 15 is 0 Å². The Hall–Kier alpha value is -1.84. The van der Waals surface area contributed by atoms with Crippen LogP contribution in [0.15, 0.2) is 42.5 Å². The number of alkyl halides is 1. The summed E-state index contributed by atoms with van der Waals surface area (Å²) in [5.74, 6) is -0.0513. The van der Waals surface area contributed by atoms with E-state index in [2.05, 4.69) is 63.2 Å². The quantitative estimate of drug-likeness (QED) is 0.469. The van der Waals surface area contributed by atoms with Gasteiger partial charge >= 0.3 is 0 Å². The summed E-state index contributed by atoms with van der Waals surface area (Å²) in [7, 11) is 0. The number of nitrogens with zero attached hydrogens (tertiary/aromatic N) is 1. The van der Waals surface area contributed by atoms with Crippen LogP contribution in [-0.2, 0) is 24.2 Å². The predicted octanol–water partition coefficient (Wildman–Crippen LogP) is 6.11. The molecule has 0 atom stereocenters. The molecular weight excluding hydrogens is 362 g/mol. The highest BCUT2D eigenvalue weighted by Crippen LogP contribution is 2.34. The number of amides is 1. The minimum atomic E-state index is -0.0425. The molecule has 0 spiro atoms. The second-order valence-electron chi connectivity index (χ2n) is 6.39. The standard InChI is InChI=1S/C22H24ClNOS/c1-4-16-9-8-10-17(5-2)22(16)24(21(25)13-23)14-20-15(3)18-11-6-7-12-19(18)26-20/h6-12H,4-5,13-14H2,1-3H3.